The van der Waals surface area contributed by atoms with Gasteiger partial charge in [-0.05, 0) is 44.6 Å². The molecule has 1 aromatic heterocycles. The van der Waals surface area contributed by atoms with E-state index in [-0.39, 0.29) is 24.5 Å². The molecule has 0 unspecified atom stereocenters. The SMILES string of the molecule is CN(C)[C@H](C(=O)Cn1c([C@H]2CCCO2)nc2ccccc21)c1ccccc1. The first-order valence-electron chi connectivity index (χ1n) is 9.46. The fourth-order valence-corrected chi connectivity index (χ4v) is 3.94. The van der Waals surface area contributed by atoms with Crippen LogP contribution in [0.1, 0.15) is 36.4 Å². The number of carbonyl (C=O) groups is 1. The van der Waals surface area contributed by atoms with Gasteiger partial charge in [0.1, 0.15) is 11.9 Å². The molecule has 27 heavy (non-hydrogen) atoms. The zero-order chi connectivity index (χ0) is 18.8. The van der Waals surface area contributed by atoms with Crippen molar-refractivity contribution in [2.45, 2.75) is 31.5 Å². The smallest absolute Gasteiger partial charge is 0.174 e. The number of ketones is 1. The summed E-state index contributed by atoms with van der Waals surface area (Å²) in [5.41, 5.74) is 2.91. The predicted molar refractivity (Wildman–Crippen MR) is 106 cm³/mol. The van der Waals surface area contributed by atoms with Gasteiger partial charge in [-0.2, -0.15) is 0 Å². The summed E-state index contributed by atoms with van der Waals surface area (Å²) >= 11 is 0. The average Bonchev–Trinajstić information content (AvgIpc) is 3.31. The van der Waals surface area contributed by atoms with E-state index in [1.165, 1.54) is 0 Å². The molecule has 0 bridgehead atoms. The van der Waals surface area contributed by atoms with Crippen molar-refractivity contribution in [2.75, 3.05) is 20.7 Å². The monoisotopic (exact) mass is 363 g/mol. The lowest BCUT2D eigenvalue weighted by molar-refractivity contribution is -0.124. The molecule has 5 heteroatoms. The molecule has 1 aliphatic rings. The number of nitrogens with zero attached hydrogens (tertiary/aromatic N) is 3. The minimum absolute atomic E-state index is 0.0280. The van der Waals surface area contributed by atoms with Crippen LogP contribution in [0.3, 0.4) is 0 Å². The van der Waals surface area contributed by atoms with Crippen molar-refractivity contribution in [3.05, 3.63) is 66.0 Å². The number of imidazole rings is 1. The number of hydrogen-bond donors (Lipinski definition) is 0. The third-order valence-corrected chi connectivity index (χ3v) is 5.15. The molecule has 0 saturated carbocycles. The molecule has 1 aliphatic heterocycles. The van der Waals surface area contributed by atoms with Crippen LogP contribution in [0.5, 0.6) is 0 Å². The topological polar surface area (TPSA) is 47.4 Å². The number of fused-ring (bicyclic) bond motifs is 1. The Bertz CT molecular complexity index is 927. The van der Waals surface area contributed by atoms with Crippen molar-refractivity contribution >= 4 is 16.8 Å². The van der Waals surface area contributed by atoms with Crippen LogP contribution in [0.15, 0.2) is 54.6 Å². The summed E-state index contributed by atoms with van der Waals surface area (Å²) < 4.78 is 7.93. The molecule has 3 aromatic rings. The Morgan fingerprint density at radius 2 is 1.93 bits per heavy atom. The van der Waals surface area contributed by atoms with Gasteiger partial charge in [-0.3, -0.25) is 9.69 Å². The third-order valence-electron chi connectivity index (χ3n) is 5.15. The van der Waals surface area contributed by atoms with Crippen LogP contribution in [-0.4, -0.2) is 40.9 Å². The Morgan fingerprint density at radius 1 is 1.19 bits per heavy atom. The van der Waals surface area contributed by atoms with E-state index in [4.69, 9.17) is 9.72 Å². The number of Topliss-reactive ketones (excluding diaryl/α,β-unsaturated/α-hetero) is 1. The molecular formula is C22H25N3O2. The predicted octanol–water partition coefficient (Wildman–Crippen LogP) is 3.76. The van der Waals surface area contributed by atoms with E-state index in [1.54, 1.807) is 0 Å². The molecule has 0 aliphatic carbocycles. The third kappa shape index (κ3) is 3.53. The first-order chi connectivity index (χ1) is 13.1. The average molecular weight is 363 g/mol. The van der Waals surface area contributed by atoms with Gasteiger partial charge in [-0.25, -0.2) is 4.98 Å². The number of likely N-dealkylation sites (N-methyl/N-ethyl adjacent to an activating group) is 1. The Balaban J connectivity index is 1.71. The minimum Gasteiger partial charge on any atom is -0.370 e. The van der Waals surface area contributed by atoms with E-state index in [2.05, 4.69) is 0 Å². The molecule has 140 valence electrons. The number of carbonyl (C=O) groups excluding carboxylic acids is 1. The fraction of sp³-hybridized carbons (Fsp3) is 0.364. The molecule has 1 saturated heterocycles. The molecule has 2 heterocycles. The van der Waals surface area contributed by atoms with E-state index in [0.717, 1.165) is 41.9 Å². The summed E-state index contributed by atoms with van der Waals surface area (Å²) in [5.74, 6) is 1.02. The van der Waals surface area contributed by atoms with Gasteiger partial charge in [0, 0.05) is 6.61 Å². The molecular weight excluding hydrogens is 338 g/mol. The second kappa shape index (κ2) is 7.62. The standard InChI is InChI=1S/C22H25N3O2/c1-24(2)21(16-9-4-3-5-10-16)19(26)15-25-18-12-7-6-11-17(18)23-22(25)20-13-8-14-27-20/h3-7,9-12,20-21H,8,13-15H2,1-2H3/t20-,21+/m1/s1. The van der Waals surface area contributed by atoms with Gasteiger partial charge >= 0.3 is 0 Å². The van der Waals surface area contributed by atoms with Crippen molar-refractivity contribution in [1.29, 1.82) is 0 Å². The highest BCUT2D eigenvalue weighted by atomic mass is 16.5. The summed E-state index contributed by atoms with van der Waals surface area (Å²) in [6.45, 7) is 1.04. The van der Waals surface area contributed by atoms with Crippen LogP contribution in [0.2, 0.25) is 0 Å². The van der Waals surface area contributed by atoms with Crippen LogP contribution in [0.25, 0.3) is 11.0 Å². The van der Waals surface area contributed by atoms with E-state index in [0.29, 0.717) is 0 Å². The van der Waals surface area contributed by atoms with Crippen LogP contribution in [0, 0.1) is 0 Å². The van der Waals surface area contributed by atoms with E-state index >= 15 is 0 Å². The number of para-hydroxylation sites is 2. The number of ether oxygens (including phenoxy) is 1. The first-order valence-corrected chi connectivity index (χ1v) is 9.46. The Kier molecular flexibility index (Phi) is 5.05. The minimum atomic E-state index is -0.287. The number of benzene rings is 2. The maximum Gasteiger partial charge on any atom is 0.174 e. The highest BCUT2D eigenvalue weighted by Crippen LogP contribution is 2.31. The van der Waals surface area contributed by atoms with Gasteiger partial charge < -0.3 is 9.30 Å². The summed E-state index contributed by atoms with van der Waals surface area (Å²) in [7, 11) is 3.89. The Morgan fingerprint density at radius 3 is 2.63 bits per heavy atom. The van der Waals surface area contributed by atoms with Crippen molar-refractivity contribution in [1.82, 2.24) is 14.5 Å². The van der Waals surface area contributed by atoms with E-state index in [9.17, 15) is 4.79 Å². The highest BCUT2D eigenvalue weighted by Gasteiger charge is 2.28. The van der Waals surface area contributed by atoms with Gasteiger partial charge in [0.25, 0.3) is 0 Å². The quantitative estimate of drug-likeness (QED) is 0.669. The number of hydrogen-bond acceptors (Lipinski definition) is 4. The van der Waals surface area contributed by atoms with Crippen molar-refractivity contribution in [3.8, 4) is 0 Å². The lowest BCUT2D eigenvalue weighted by Crippen LogP contribution is -2.31. The number of rotatable bonds is 6. The van der Waals surface area contributed by atoms with Gasteiger partial charge in [-0.15, -0.1) is 0 Å². The van der Waals surface area contributed by atoms with Gasteiger partial charge in [0.2, 0.25) is 0 Å². The zero-order valence-corrected chi connectivity index (χ0v) is 15.8. The Labute approximate surface area is 159 Å². The maximum atomic E-state index is 13.3. The first kappa shape index (κ1) is 17.9. The van der Waals surface area contributed by atoms with Crippen LogP contribution in [0.4, 0.5) is 0 Å². The molecule has 0 spiro atoms. The van der Waals surface area contributed by atoms with Crippen molar-refractivity contribution in [2.24, 2.45) is 0 Å². The zero-order valence-electron chi connectivity index (χ0n) is 15.8. The van der Waals surface area contributed by atoms with E-state index < -0.39 is 0 Å². The summed E-state index contributed by atoms with van der Waals surface area (Å²) in [4.78, 5) is 20.1. The van der Waals surface area contributed by atoms with Crippen LogP contribution < -0.4 is 0 Å². The molecule has 0 radical (unpaired) electrons. The van der Waals surface area contributed by atoms with E-state index in [1.807, 2.05) is 78.2 Å². The molecule has 2 atom stereocenters. The second-order valence-corrected chi connectivity index (χ2v) is 7.29. The second-order valence-electron chi connectivity index (χ2n) is 7.29. The maximum absolute atomic E-state index is 13.3. The number of aromatic nitrogens is 2. The molecule has 0 amide bonds. The molecule has 5 nitrogen and oxygen atoms in total. The molecule has 1 fully saturated rings. The van der Waals surface area contributed by atoms with Gasteiger partial charge in [0.05, 0.1) is 23.6 Å². The lowest BCUT2D eigenvalue weighted by atomic mass is 10.0. The molecule has 4 rings (SSSR count). The lowest BCUT2D eigenvalue weighted by Gasteiger charge is -2.24. The largest absolute Gasteiger partial charge is 0.370 e. The summed E-state index contributed by atoms with van der Waals surface area (Å²) in [6.07, 6.45) is 1.96. The van der Waals surface area contributed by atoms with Gasteiger partial charge in [0.15, 0.2) is 5.78 Å². The van der Waals surface area contributed by atoms with Crippen molar-refractivity contribution in [3.63, 3.8) is 0 Å². The van der Waals surface area contributed by atoms with Gasteiger partial charge in [-0.1, -0.05) is 42.5 Å². The Hall–Kier alpha value is -2.50. The van der Waals surface area contributed by atoms with Crippen molar-refractivity contribution < 1.29 is 9.53 Å². The molecule has 0 N–H and O–H groups in total. The summed E-state index contributed by atoms with van der Waals surface area (Å²) in [5, 5.41) is 0. The summed E-state index contributed by atoms with van der Waals surface area (Å²) in [6, 6.07) is 17.6. The van der Waals surface area contributed by atoms with Crippen LogP contribution >= 0.6 is 0 Å². The normalized spacial score (nSPS) is 18.3. The molecule has 2 aromatic carbocycles. The van der Waals surface area contributed by atoms with Crippen LogP contribution in [-0.2, 0) is 16.1 Å². The fourth-order valence-electron chi connectivity index (χ4n) is 3.94. The highest BCUT2D eigenvalue weighted by molar-refractivity contribution is 5.87.